The molecule has 0 spiro atoms. The zero-order chi connectivity index (χ0) is 18.5. The van der Waals surface area contributed by atoms with E-state index in [2.05, 4.69) is 22.4 Å². The van der Waals surface area contributed by atoms with Gasteiger partial charge < -0.3 is 14.8 Å². The number of nitrogens with zero attached hydrogens (tertiary/aromatic N) is 3. The SMILES string of the molecule is CN(C)c1ccc(C(NC(=O)Cc2ccccc2)c2nccn2C)cc1. The summed E-state index contributed by atoms with van der Waals surface area (Å²) in [5.41, 5.74) is 3.11. The summed E-state index contributed by atoms with van der Waals surface area (Å²) in [6, 6.07) is 17.6. The van der Waals surface area contributed by atoms with Crippen molar-refractivity contribution in [3.8, 4) is 0 Å². The minimum atomic E-state index is -0.289. The summed E-state index contributed by atoms with van der Waals surface area (Å²) in [6.45, 7) is 0. The number of rotatable bonds is 6. The monoisotopic (exact) mass is 348 g/mol. The van der Waals surface area contributed by atoms with Gasteiger partial charge in [-0.1, -0.05) is 42.5 Å². The molecule has 3 rings (SSSR count). The quantitative estimate of drug-likeness (QED) is 0.745. The third-order valence-electron chi connectivity index (χ3n) is 4.37. The summed E-state index contributed by atoms with van der Waals surface area (Å²) in [7, 11) is 5.95. The Hall–Kier alpha value is -3.08. The molecule has 5 heteroatoms. The number of benzene rings is 2. The van der Waals surface area contributed by atoms with Gasteiger partial charge in [0, 0.05) is 39.2 Å². The Balaban J connectivity index is 1.84. The molecule has 1 unspecified atom stereocenters. The van der Waals surface area contributed by atoms with Crippen LogP contribution in [0, 0.1) is 0 Å². The molecular weight excluding hydrogens is 324 g/mol. The lowest BCUT2D eigenvalue weighted by atomic mass is 10.0. The molecule has 1 N–H and O–H groups in total. The number of carbonyl (C=O) groups excluding carboxylic acids is 1. The number of aromatic nitrogens is 2. The predicted molar refractivity (Wildman–Crippen MR) is 104 cm³/mol. The lowest BCUT2D eigenvalue weighted by Crippen LogP contribution is -2.32. The lowest BCUT2D eigenvalue weighted by Gasteiger charge is -2.20. The van der Waals surface area contributed by atoms with Crippen molar-refractivity contribution in [3.63, 3.8) is 0 Å². The fourth-order valence-electron chi connectivity index (χ4n) is 2.91. The van der Waals surface area contributed by atoms with Crippen molar-refractivity contribution in [2.45, 2.75) is 12.5 Å². The van der Waals surface area contributed by atoms with Gasteiger partial charge in [0.1, 0.15) is 11.9 Å². The second-order valence-electron chi connectivity index (χ2n) is 6.55. The van der Waals surface area contributed by atoms with Crippen LogP contribution in [0.2, 0.25) is 0 Å². The van der Waals surface area contributed by atoms with Gasteiger partial charge in [-0.05, 0) is 23.3 Å². The van der Waals surface area contributed by atoms with Crippen LogP contribution < -0.4 is 10.2 Å². The van der Waals surface area contributed by atoms with Crippen LogP contribution in [0.25, 0.3) is 0 Å². The van der Waals surface area contributed by atoms with E-state index in [1.807, 2.05) is 79.3 Å². The highest BCUT2D eigenvalue weighted by molar-refractivity contribution is 5.79. The van der Waals surface area contributed by atoms with Crippen molar-refractivity contribution >= 4 is 11.6 Å². The van der Waals surface area contributed by atoms with Gasteiger partial charge in [0.2, 0.25) is 5.91 Å². The van der Waals surface area contributed by atoms with E-state index in [-0.39, 0.29) is 11.9 Å². The van der Waals surface area contributed by atoms with Crippen LogP contribution in [0.5, 0.6) is 0 Å². The van der Waals surface area contributed by atoms with E-state index in [0.29, 0.717) is 6.42 Å². The molecule has 1 aromatic heterocycles. The predicted octanol–water partition coefficient (Wildman–Crippen LogP) is 2.93. The maximum Gasteiger partial charge on any atom is 0.225 e. The lowest BCUT2D eigenvalue weighted by molar-refractivity contribution is -0.121. The van der Waals surface area contributed by atoms with Crippen molar-refractivity contribution in [1.29, 1.82) is 0 Å². The number of hydrogen-bond acceptors (Lipinski definition) is 3. The Labute approximate surface area is 154 Å². The summed E-state index contributed by atoms with van der Waals surface area (Å²) < 4.78 is 1.94. The fourth-order valence-corrected chi connectivity index (χ4v) is 2.91. The van der Waals surface area contributed by atoms with Crippen LogP contribution in [-0.4, -0.2) is 29.6 Å². The van der Waals surface area contributed by atoms with Crippen molar-refractivity contribution in [1.82, 2.24) is 14.9 Å². The zero-order valence-electron chi connectivity index (χ0n) is 15.4. The first-order valence-electron chi connectivity index (χ1n) is 8.62. The average Bonchev–Trinajstić information content (AvgIpc) is 3.06. The van der Waals surface area contributed by atoms with Crippen LogP contribution in [0.4, 0.5) is 5.69 Å². The molecule has 0 bridgehead atoms. The Kier molecular flexibility index (Phi) is 5.37. The van der Waals surface area contributed by atoms with Gasteiger partial charge >= 0.3 is 0 Å². The van der Waals surface area contributed by atoms with Gasteiger partial charge in [0.05, 0.1) is 6.42 Å². The number of nitrogens with one attached hydrogen (secondary N) is 1. The Morgan fingerprint density at radius 1 is 1.12 bits per heavy atom. The summed E-state index contributed by atoms with van der Waals surface area (Å²) in [5, 5.41) is 3.14. The molecule has 0 aliphatic rings. The van der Waals surface area contributed by atoms with Crippen molar-refractivity contribution < 1.29 is 4.79 Å². The average molecular weight is 348 g/mol. The molecule has 3 aromatic rings. The Morgan fingerprint density at radius 3 is 2.38 bits per heavy atom. The summed E-state index contributed by atoms with van der Waals surface area (Å²) in [5.74, 6) is 0.782. The molecular formula is C21H24N4O. The summed E-state index contributed by atoms with van der Waals surface area (Å²) in [6.07, 6.45) is 3.98. The van der Waals surface area contributed by atoms with Gasteiger partial charge in [-0.25, -0.2) is 4.98 Å². The normalized spacial score (nSPS) is 11.8. The van der Waals surface area contributed by atoms with Crippen LogP contribution in [-0.2, 0) is 18.3 Å². The maximum absolute atomic E-state index is 12.6. The zero-order valence-corrected chi connectivity index (χ0v) is 15.4. The largest absolute Gasteiger partial charge is 0.378 e. The van der Waals surface area contributed by atoms with Crippen molar-refractivity contribution in [2.24, 2.45) is 7.05 Å². The molecule has 1 atom stereocenters. The minimum absolute atomic E-state index is 0.0270. The number of aryl methyl sites for hydroxylation is 1. The molecule has 0 aliphatic carbocycles. The third-order valence-corrected chi connectivity index (χ3v) is 4.37. The van der Waals surface area contributed by atoms with E-state index in [1.54, 1.807) is 6.20 Å². The van der Waals surface area contributed by atoms with Gasteiger partial charge in [-0.2, -0.15) is 0 Å². The molecule has 2 aromatic carbocycles. The number of imidazole rings is 1. The first kappa shape index (κ1) is 17.7. The first-order valence-corrected chi connectivity index (χ1v) is 8.62. The minimum Gasteiger partial charge on any atom is -0.378 e. The number of carbonyl (C=O) groups is 1. The Morgan fingerprint density at radius 2 is 1.81 bits per heavy atom. The smallest absolute Gasteiger partial charge is 0.225 e. The molecule has 1 amide bonds. The summed E-state index contributed by atoms with van der Waals surface area (Å²) in [4.78, 5) is 19.1. The molecule has 26 heavy (non-hydrogen) atoms. The van der Waals surface area contributed by atoms with Gasteiger partial charge in [-0.15, -0.1) is 0 Å². The highest BCUT2D eigenvalue weighted by Crippen LogP contribution is 2.23. The van der Waals surface area contributed by atoms with E-state index in [4.69, 9.17) is 0 Å². The molecule has 134 valence electrons. The van der Waals surface area contributed by atoms with Crippen LogP contribution in [0.1, 0.15) is 23.0 Å². The highest BCUT2D eigenvalue weighted by Gasteiger charge is 2.21. The van der Waals surface area contributed by atoms with E-state index in [1.165, 1.54) is 0 Å². The second-order valence-corrected chi connectivity index (χ2v) is 6.55. The molecule has 0 fully saturated rings. The topological polar surface area (TPSA) is 50.2 Å². The standard InChI is InChI=1S/C21H24N4O/c1-24(2)18-11-9-17(10-12-18)20(21-22-13-14-25(21)3)23-19(26)15-16-7-5-4-6-8-16/h4-14,20H,15H2,1-3H3,(H,23,26). The van der Waals surface area contributed by atoms with Gasteiger partial charge in [0.15, 0.2) is 0 Å². The molecule has 1 heterocycles. The van der Waals surface area contributed by atoms with E-state index in [0.717, 1.165) is 22.6 Å². The van der Waals surface area contributed by atoms with Gasteiger partial charge in [-0.3, -0.25) is 4.79 Å². The van der Waals surface area contributed by atoms with Gasteiger partial charge in [0.25, 0.3) is 0 Å². The molecule has 0 aliphatic heterocycles. The van der Waals surface area contributed by atoms with E-state index >= 15 is 0 Å². The fraction of sp³-hybridized carbons (Fsp3) is 0.238. The van der Waals surface area contributed by atoms with Crippen LogP contribution in [0.3, 0.4) is 0 Å². The highest BCUT2D eigenvalue weighted by atomic mass is 16.1. The van der Waals surface area contributed by atoms with E-state index in [9.17, 15) is 4.79 Å². The van der Waals surface area contributed by atoms with E-state index < -0.39 is 0 Å². The molecule has 0 saturated carbocycles. The van der Waals surface area contributed by atoms with Crippen molar-refractivity contribution in [3.05, 3.63) is 83.9 Å². The number of anilines is 1. The maximum atomic E-state index is 12.6. The molecule has 5 nitrogen and oxygen atoms in total. The van der Waals surface area contributed by atoms with Crippen LogP contribution >= 0.6 is 0 Å². The third kappa shape index (κ3) is 4.11. The number of amides is 1. The Bertz CT molecular complexity index is 853. The number of hydrogen-bond donors (Lipinski definition) is 1. The molecule has 0 saturated heterocycles. The van der Waals surface area contributed by atoms with Crippen molar-refractivity contribution in [2.75, 3.05) is 19.0 Å². The molecule has 0 radical (unpaired) electrons. The second kappa shape index (κ2) is 7.87. The summed E-state index contributed by atoms with van der Waals surface area (Å²) >= 11 is 0. The first-order chi connectivity index (χ1) is 12.5. The van der Waals surface area contributed by atoms with Crippen LogP contribution in [0.15, 0.2) is 67.0 Å².